The molecule has 0 radical (unpaired) electrons. The lowest BCUT2D eigenvalue weighted by molar-refractivity contribution is 0.162. The highest BCUT2D eigenvalue weighted by molar-refractivity contribution is 5.50. The molecule has 22 heavy (non-hydrogen) atoms. The number of aromatic nitrogens is 4. The predicted molar refractivity (Wildman–Crippen MR) is 77.9 cm³/mol. The maximum Gasteiger partial charge on any atom is 0.156 e. The summed E-state index contributed by atoms with van der Waals surface area (Å²) in [7, 11) is 1.63. The molecule has 0 aliphatic carbocycles. The van der Waals surface area contributed by atoms with E-state index in [2.05, 4.69) is 15.3 Å². The molecule has 0 aliphatic heterocycles. The highest BCUT2D eigenvalue weighted by Crippen LogP contribution is 2.22. The van der Waals surface area contributed by atoms with Gasteiger partial charge in [0.15, 0.2) is 5.76 Å². The van der Waals surface area contributed by atoms with Crippen molar-refractivity contribution < 1.29 is 14.3 Å². The molecule has 7 heteroatoms. The van der Waals surface area contributed by atoms with Crippen molar-refractivity contribution in [3.8, 4) is 11.5 Å². The predicted octanol–water partition coefficient (Wildman–Crippen LogP) is 1.66. The molecule has 0 spiro atoms. The average molecular weight is 300 g/mol. The van der Waals surface area contributed by atoms with Gasteiger partial charge in [-0.1, -0.05) is 11.3 Å². The molecule has 3 aromatic rings. The first-order chi connectivity index (χ1) is 10.8. The Morgan fingerprint density at radius 3 is 2.91 bits per heavy atom. The Bertz CT molecular complexity index is 723. The highest BCUT2D eigenvalue weighted by atomic mass is 16.5. The summed E-state index contributed by atoms with van der Waals surface area (Å²) in [5, 5.41) is 17.3. The molecule has 3 aromatic heterocycles. The SMILES string of the molecule is COC[C@@H](c1ccccn1)n1cc(-c2ccc(CO)o2)nn1. The molecule has 0 saturated heterocycles. The second kappa shape index (κ2) is 6.50. The Balaban J connectivity index is 1.90. The summed E-state index contributed by atoms with van der Waals surface area (Å²) in [5.74, 6) is 1.05. The minimum absolute atomic E-state index is 0.144. The molecule has 114 valence electrons. The van der Waals surface area contributed by atoms with E-state index >= 15 is 0 Å². The fraction of sp³-hybridized carbons (Fsp3) is 0.267. The zero-order valence-electron chi connectivity index (χ0n) is 12.1. The number of nitrogens with zero attached hydrogens (tertiary/aromatic N) is 4. The molecule has 3 rings (SSSR count). The van der Waals surface area contributed by atoms with Gasteiger partial charge in [0.2, 0.25) is 0 Å². The minimum atomic E-state index is -0.167. The first kappa shape index (κ1) is 14.4. The first-order valence-corrected chi connectivity index (χ1v) is 6.83. The zero-order valence-corrected chi connectivity index (χ0v) is 12.1. The van der Waals surface area contributed by atoms with E-state index in [0.717, 1.165) is 5.69 Å². The monoisotopic (exact) mass is 300 g/mol. The lowest BCUT2D eigenvalue weighted by atomic mass is 10.2. The fourth-order valence-electron chi connectivity index (χ4n) is 2.17. The van der Waals surface area contributed by atoms with Crippen molar-refractivity contribution in [1.82, 2.24) is 20.0 Å². The van der Waals surface area contributed by atoms with Crippen LogP contribution in [0.4, 0.5) is 0 Å². The van der Waals surface area contributed by atoms with Crippen LogP contribution in [0.15, 0.2) is 47.1 Å². The molecule has 0 amide bonds. The zero-order chi connectivity index (χ0) is 15.4. The van der Waals surface area contributed by atoms with Gasteiger partial charge in [0.05, 0.1) is 18.5 Å². The molecule has 7 nitrogen and oxygen atoms in total. The van der Waals surface area contributed by atoms with Gasteiger partial charge in [0, 0.05) is 13.3 Å². The van der Waals surface area contributed by atoms with Gasteiger partial charge < -0.3 is 14.3 Å². The Labute approximate surface area is 127 Å². The molecule has 0 saturated carbocycles. The van der Waals surface area contributed by atoms with Gasteiger partial charge in [-0.2, -0.15) is 0 Å². The number of aliphatic hydroxyl groups excluding tert-OH is 1. The van der Waals surface area contributed by atoms with Gasteiger partial charge in [-0.05, 0) is 24.3 Å². The number of aliphatic hydroxyl groups is 1. The van der Waals surface area contributed by atoms with E-state index < -0.39 is 0 Å². The van der Waals surface area contributed by atoms with Crippen LogP contribution in [0.2, 0.25) is 0 Å². The van der Waals surface area contributed by atoms with E-state index in [1.54, 1.807) is 36.3 Å². The molecule has 0 aromatic carbocycles. The summed E-state index contributed by atoms with van der Waals surface area (Å²) in [4.78, 5) is 4.35. The largest absolute Gasteiger partial charge is 0.457 e. The van der Waals surface area contributed by atoms with Crippen molar-refractivity contribution in [2.45, 2.75) is 12.6 Å². The summed E-state index contributed by atoms with van der Waals surface area (Å²) in [6, 6.07) is 9.00. The van der Waals surface area contributed by atoms with Crippen LogP contribution in [-0.2, 0) is 11.3 Å². The normalized spacial score (nSPS) is 12.5. The second-order valence-corrected chi connectivity index (χ2v) is 4.73. The van der Waals surface area contributed by atoms with E-state index in [-0.39, 0.29) is 12.6 Å². The molecule has 0 fully saturated rings. The van der Waals surface area contributed by atoms with Crippen molar-refractivity contribution in [3.63, 3.8) is 0 Å². The van der Waals surface area contributed by atoms with Gasteiger partial charge in [0.25, 0.3) is 0 Å². The second-order valence-electron chi connectivity index (χ2n) is 4.73. The van der Waals surface area contributed by atoms with Gasteiger partial charge in [-0.25, -0.2) is 4.68 Å². The fourth-order valence-corrected chi connectivity index (χ4v) is 2.17. The van der Waals surface area contributed by atoms with Gasteiger partial charge in [-0.15, -0.1) is 5.10 Å². The summed E-state index contributed by atoms with van der Waals surface area (Å²) >= 11 is 0. The molecule has 3 heterocycles. The number of hydrogen-bond donors (Lipinski definition) is 1. The van der Waals surface area contributed by atoms with Crippen LogP contribution in [0.3, 0.4) is 0 Å². The third-order valence-electron chi connectivity index (χ3n) is 3.25. The number of ether oxygens (including phenoxy) is 1. The maximum atomic E-state index is 9.05. The lowest BCUT2D eigenvalue weighted by Crippen LogP contribution is -2.18. The molecule has 0 unspecified atom stereocenters. The first-order valence-electron chi connectivity index (χ1n) is 6.83. The summed E-state index contributed by atoms with van der Waals surface area (Å²) in [6.45, 7) is 0.286. The minimum Gasteiger partial charge on any atom is -0.457 e. The van der Waals surface area contributed by atoms with Gasteiger partial charge in [0.1, 0.15) is 24.1 Å². The topological polar surface area (TPSA) is 86.2 Å². The number of methoxy groups -OCH3 is 1. The molecule has 1 atom stereocenters. The molecular formula is C15H16N4O3. The van der Waals surface area contributed by atoms with E-state index in [1.807, 2.05) is 18.2 Å². The number of rotatable bonds is 6. The summed E-state index contributed by atoms with van der Waals surface area (Å²) in [5.41, 5.74) is 1.44. The van der Waals surface area contributed by atoms with Crippen LogP contribution in [-0.4, -0.2) is 38.8 Å². The number of hydrogen-bond acceptors (Lipinski definition) is 6. The Hall–Kier alpha value is -2.51. The van der Waals surface area contributed by atoms with Crippen molar-refractivity contribution in [1.29, 1.82) is 0 Å². The lowest BCUT2D eigenvalue weighted by Gasteiger charge is -2.14. The number of furan rings is 1. The Kier molecular flexibility index (Phi) is 4.27. The van der Waals surface area contributed by atoms with E-state index in [1.165, 1.54) is 0 Å². The van der Waals surface area contributed by atoms with Crippen LogP contribution in [0.25, 0.3) is 11.5 Å². The van der Waals surface area contributed by atoms with E-state index in [9.17, 15) is 0 Å². The van der Waals surface area contributed by atoms with Gasteiger partial charge in [-0.3, -0.25) is 4.98 Å². The third-order valence-corrected chi connectivity index (χ3v) is 3.25. The molecule has 0 aliphatic rings. The summed E-state index contributed by atoms with van der Waals surface area (Å²) < 4.78 is 12.4. The highest BCUT2D eigenvalue weighted by Gasteiger charge is 2.18. The Morgan fingerprint density at radius 1 is 1.32 bits per heavy atom. The molecule has 1 N–H and O–H groups in total. The van der Waals surface area contributed by atoms with Crippen molar-refractivity contribution >= 4 is 0 Å². The number of pyridine rings is 1. The average Bonchev–Trinajstić information content (AvgIpc) is 3.22. The van der Waals surface area contributed by atoms with Crippen LogP contribution >= 0.6 is 0 Å². The van der Waals surface area contributed by atoms with Crippen molar-refractivity contribution in [3.05, 3.63) is 54.2 Å². The smallest absolute Gasteiger partial charge is 0.156 e. The van der Waals surface area contributed by atoms with Crippen molar-refractivity contribution in [2.75, 3.05) is 13.7 Å². The third kappa shape index (κ3) is 2.90. The van der Waals surface area contributed by atoms with Crippen molar-refractivity contribution in [2.24, 2.45) is 0 Å². The van der Waals surface area contributed by atoms with Crippen LogP contribution in [0.1, 0.15) is 17.5 Å². The van der Waals surface area contributed by atoms with Crippen LogP contribution in [0, 0.1) is 0 Å². The van der Waals surface area contributed by atoms with Gasteiger partial charge >= 0.3 is 0 Å². The Morgan fingerprint density at radius 2 is 2.23 bits per heavy atom. The standard InChI is InChI=1S/C15H16N4O3/c1-21-10-14(12-4-2-3-7-16-12)19-8-13(17-18-19)15-6-5-11(9-20)22-15/h2-8,14,20H,9-10H2,1H3/t14-/m0/s1. The van der Waals surface area contributed by atoms with Crippen LogP contribution < -0.4 is 0 Å². The maximum absolute atomic E-state index is 9.05. The van der Waals surface area contributed by atoms with Crippen LogP contribution in [0.5, 0.6) is 0 Å². The van der Waals surface area contributed by atoms with E-state index in [4.69, 9.17) is 14.3 Å². The molecule has 0 bridgehead atoms. The molecular weight excluding hydrogens is 284 g/mol. The van der Waals surface area contributed by atoms with E-state index in [0.29, 0.717) is 23.8 Å². The quantitative estimate of drug-likeness (QED) is 0.745. The summed E-state index contributed by atoms with van der Waals surface area (Å²) in [6.07, 6.45) is 3.51.